The second-order valence-electron chi connectivity index (χ2n) is 13.0. The molecule has 0 aromatic rings. The van der Waals surface area contributed by atoms with E-state index in [2.05, 4.69) is 41.7 Å². The summed E-state index contributed by atoms with van der Waals surface area (Å²) in [6.07, 6.45) is 17.4. The van der Waals surface area contributed by atoms with Crippen LogP contribution >= 0.6 is 0 Å². The molecule has 0 radical (unpaired) electrons. The van der Waals surface area contributed by atoms with E-state index in [9.17, 15) is 24.0 Å². The number of unbranched alkanes of at least 4 members (excludes halogenated alkanes) is 15. The van der Waals surface area contributed by atoms with Crippen molar-refractivity contribution < 1.29 is 38.2 Å². The summed E-state index contributed by atoms with van der Waals surface area (Å²) in [6, 6.07) is -0.840. The SMILES string of the molecule is C=C(C)C(=O)OCCCCCCNC(=O)N(CCCCCCNC(=O)OCCCCCC)C(=O)NCCCCCCNC(=O)OCCCCCC. The minimum absolute atomic E-state index is 0.291. The van der Waals surface area contributed by atoms with Crippen LogP contribution < -0.4 is 21.3 Å². The number of imide groups is 1. The number of esters is 1. The Morgan fingerprint density at radius 1 is 0.471 bits per heavy atom. The van der Waals surface area contributed by atoms with Gasteiger partial charge in [0.1, 0.15) is 0 Å². The number of hydrogen-bond acceptors (Lipinski definition) is 8. The second-order valence-corrected chi connectivity index (χ2v) is 13.0. The number of nitrogens with zero attached hydrogens (tertiary/aromatic N) is 1. The van der Waals surface area contributed by atoms with Crippen molar-refractivity contribution in [2.45, 2.75) is 149 Å². The number of carbonyl (C=O) groups is 5. The third-order valence-electron chi connectivity index (χ3n) is 8.11. The van der Waals surface area contributed by atoms with Crippen molar-refractivity contribution in [2.24, 2.45) is 0 Å². The molecule has 0 atom stereocenters. The Bertz CT molecular complexity index is 949. The minimum atomic E-state index is -0.422. The molecule has 51 heavy (non-hydrogen) atoms. The van der Waals surface area contributed by atoms with E-state index in [0.29, 0.717) is 64.5 Å². The smallest absolute Gasteiger partial charge is 0.407 e. The molecular formula is C38H71N5O8. The first-order valence-electron chi connectivity index (χ1n) is 19.7. The van der Waals surface area contributed by atoms with Crippen molar-refractivity contribution in [3.63, 3.8) is 0 Å². The highest BCUT2D eigenvalue weighted by Gasteiger charge is 2.20. The lowest BCUT2D eigenvalue weighted by Crippen LogP contribution is -2.49. The van der Waals surface area contributed by atoms with Gasteiger partial charge in [-0.1, -0.05) is 91.1 Å². The molecule has 296 valence electrons. The van der Waals surface area contributed by atoms with Gasteiger partial charge in [-0.15, -0.1) is 0 Å². The van der Waals surface area contributed by atoms with E-state index < -0.39 is 12.1 Å². The summed E-state index contributed by atoms with van der Waals surface area (Å²) in [7, 11) is 0. The molecule has 0 aliphatic rings. The van der Waals surface area contributed by atoms with E-state index in [1.807, 2.05) is 0 Å². The van der Waals surface area contributed by atoms with Crippen LogP contribution in [0.2, 0.25) is 0 Å². The lowest BCUT2D eigenvalue weighted by atomic mass is 10.2. The topological polar surface area (TPSA) is 164 Å². The van der Waals surface area contributed by atoms with Crippen LogP contribution in [-0.2, 0) is 19.0 Å². The monoisotopic (exact) mass is 726 g/mol. The van der Waals surface area contributed by atoms with Gasteiger partial charge in [0.2, 0.25) is 0 Å². The summed E-state index contributed by atoms with van der Waals surface area (Å²) in [5.41, 5.74) is 0.380. The zero-order valence-electron chi connectivity index (χ0n) is 32.2. The summed E-state index contributed by atoms with van der Waals surface area (Å²) in [5.74, 6) is -0.384. The number of hydrogen-bond donors (Lipinski definition) is 4. The Morgan fingerprint density at radius 3 is 1.24 bits per heavy atom. The van der Waals surface area contributed by atoms with E-state index in [0.717, 1.165) is 122 Å². The van der Waals surface area contributed by atoms with Crippen LogP contribution in [-0.4, -0.2) is 87.7 Å². The van der Waals surface area contributed by atoms with Crippen molar-refractivity contribution in [3.8, 4) is 0 Å². The second kappa shape index (κ2) is 34.9. The first-order valence-corrected chi connectivity index (χ1v) is 19.7. The molecule has 0 heterocycles. The fourth-order valence-corrected chi connectivity index (χ4v) is 4.97. The largest absolute Gasteiger partial charge is 0.462 e. The molecule has 0 aromatic carbocycles. The third kappa shape index (κ3) is 31.0. The highest BCUT2D eigenvalue weighted by Crippen LogP contribution is 2.06. The summed E-state index contributed by atoms with van der Waals surface area (Å²) >= 11 is 0. The predicted octanol–water partition coefficient (Wildman–Crippen LogP) is 8.12. The maximum atomic E-state index is 13.0. The molecule has 13 heteroatoms. The van der Waals surface area contributed by atoms with E-state index in [1.54, 1.807) is 6.92 Å². The number of nitrogens with one attached hydrogen (secondary N) is 4. The minimum Gasteiger partial charge on any atom is -0.462 e. The summed E-state index contributed by atoms with van der Waals surface area (Å²) in [4.78, 5) is 62.3. The van der Waals surface area contributed by atoms with Gasteiger partial charge < -0.3 is 35.5 Å². The Labute approximate surface area is 308 Å². The molecule has 6 amide bonds. The van der Waals surface area contributed by atoms with Crippen LogP contribution in [0.5, 0.6) is 0 Å². The summed E-state index contributed by atoms with van der Waals surface area (Å²) in [5, 5.41) is 11.3. The van der Waals surface area contributed by atoms with Crippen LogP contribution in [0.15, 0.2) is 12.2 Å². The Balaban J connectivity index is 4.41. The first kappa shape index (κ1) is 47.5. The highest BCUT2D eigenvalue weighted by molar-refractivity contribution is 5.93. The zero-order chi connectivity index (χ0) is 37.8. The maximum absolute atomic E-state index is 13.0. The number of rotatable bonds is 32. The number of alkyl carbamates (subject to hydrolysis) is 2. The molecule has 0 saturated heterocycles. The van der Waals surface area contributed by atoms with E-state index in [-0.39, 0.29) is 18.2 Å². The Kier molecular flexibility index (Phi) is 32.5. The lowest BCUT2D eigenvalue weighted by Gasteiger charge is -2.22. The molecule has 0 fully saturated rings. The molecule has 0 aliphatic carbocycles. The van der Waals surface area contributed by atoms with E-state index >= 15 is 0 Å². The fourth-order valence-electron chi connectivity index (χ4n) is 4.97. The van der Waals surface area contributed by atoms with Gasteiger partial charge in [-0.2, -0.15) is 0 Å². The lowest BCUT2D eigenvalue weighted by molar-refractivity contribution is -0.139. The number of urea groups is 2. The molecular weight excluding hydrogens is 654 g/mol. The molecule has 0 aromatic heterocycles. The quantitative estimate of drug-likeness (QED) is 0.0234. The first-order chi connectivity index (χ1) is 24.7. The van der Waals surface area contributed by atoms with Crippen LogP contribution in [0.4, 0.5) is 19.2 Å². The van der Waals surface area contributed by atoms with Gasteiger partial charge >= 0.3 is 30.2 Å². The summed E-state index contributed by atoms with van der Waals surface area (Å²) in [6.45, 7) is 12.9. The number of carbonyl (C=O) groups excluding carboxylic acids is 5. The molecule has 0 rings (SSSR count). The van der Waals surface area contributed by atoms with E-state index in [1.165, 1.54) is 4.90 Å². The van der Waals surface area contributed by atoms with Crippen molar-refractivity contribution in [1.29, 1.82) is 0 Å². The Hall–Kier alpha value is -3.51. The molecule has 0 aliphatic heterocycles. The van der Waals surface area contributed by atoms with Crippen LogP contribution in [0.1, 0.15) is 149 Å². The van der Waals surface area contributed by atoms with Crippen molar-refractivity contribution in [1.82, 2.24) is 26.2 Å². The van der Waals surface area contributed by atoms with Crippen molar-refractivity contribution >= 4 is 30.2 Å². The van der Waals surface area contributed by atoms with Gasteiger partial charge in [-0.05, 0) is 64.7 Å². The standard InChI is InChI=1S/C38H71N5O8/c1-5-7-9-22-31-50-37(47)41-27-19-12-11-17-25-39-35(45)43(36(46)40-26-18-14-16-24-30-49-34(44)33(3)4)29-21-15-13-20-28-42-38(48)51-32-23-10-8-6-2/h3,5-32H2,1-2,4H3,(H,39,45)(H,40,46)(H,41,47)(H,42,48). The number of amides is 6. The van der Waals surface area contributed by atoms with Crippen LogP contribution in [0.25, 0.3) is 0 Å². The summed E-state index contributed by atoms with van der Waals surface area (Å²) < 4.78 is 15.5. The zero-order valence-corrected chi connectivity index (χ0v) is 32.2. The highest BCUT2D eigenvalue weighted by atomic mass is 16.6. The van der Waals surface area contributed by atoms with Crippen LogP contribution in [0.3, 0.4) is 0 Å². The molecule has 0 unspecified atom stereocenters. The predicted molar refractivity (Wildman–Crippen MR) is 202 cm³/mol. The van der Waals surface area contributed by atoms with Gasteiger partial charge in [0.15, 0.2) is 0 Å². The fraction of sp³-hybridized carbons (Fsp3) is 0.816. The molecule has 0 saturated carbocycles. The average molecular weight is 726 g/mol. The van der Waals surface area contributed by atoms with Gasteiger partial charge in [-0.25, -0.2) is 28.9 Å². The van der Waals surface area contributed by atoms with Gasteiger partial charge in [0.05, 0.1) is 19.8 Å². The average Bonchev–Trinajstić information content (AvgIpc) is 3.11. The van der Waals surface area contributed by atoms with Crippen molar-refractivity contribution in [3.05, 3.63) is 12.2 Å². The molecule has 0 bridgehead atoms. The van der Waals surface area contributed by atoms with Gasteiger partial charge in [0, 0.05) is 38.3 Å². The maximum Gasteiger partial charge on any atom is 0.407 e. The van der Waals surface area contributed by atoms with Gasteiger partial charge in [-0.3, -0.25) is 0 Å². The van der Waals surface area contributed by atoms with E-state index in [4.69, 9.17) is 14.2 Å². The molecule has 0 spiro atoms. The normalized spacial score (nSPS) is 10.6. The third-order valence-corrected chi connectivity index (χ3v) is 8.11. The van der Waals surface area contributed by atoms with Crippen molar-refractivity contribution in [2.75, 3.05) is 52.5 Å². The van der Waals surface area contributed by atoms with Gasteiger partial charge in [0.25, 0.3) is 0 Å². The van der Waals surface area contributed by atoms with Crippen LogP contribution in [0, 0.1) is 0 Å². The number of ether oxygens (including phenoxy) is 3. The molecule has 4 N–H and O–H groups in total. The Morgan fingerprint density at radius 2 is 0.824 bits per heavy atom. The molecule has 13 nitrogen and oxygen atoms in total.